The van der Waals surface area contributed by atoms with E-state index < -0.39 is 14.8 Å². The third-order valence-electron chi connectivity index (χ3n) is 2.18. The van der Waals surface area contributed by atoms with Gasteiger partial charge in [0.15, 0.2) is 0 Å². The summed E-state index contributed by atoms with van der Waals surface area (Å²) in [5, 5.41) is 0. The fraction of sp³-hybridized carbons (Fsp3) is 1.00. The monoisotopic (exact) mass is 191 g/mol. The van der Waals surface area contributed by atoms with Crippen LogP contribution in [-0.4, -0.2) is 30.6 Å². The van der Waals surface area contributed by atoms with Gasteiger partial charge in [0, 0.05) is 13.1 Å². The zero-order chi connectivity index (χ0) is 9.41. The molecule has 0 aromatic carbocycles. The molecule has 0 spiro atoms. The van der Waals surface area contributed by atoms with Crippen molar-refractivity contribution in [2.45, 2.75) is 38.4 Å². The molecule has 0 aromatic heterocycles. The Kier molecular flexibility index (Phi) is 2.50. The van der Waals surface area contributed by atoms with Crippen LogP contribution >= 0.6 is 0 Å². The summed E-state index contributed by atoms with van der Waals surface area (Å²) in [6, 6.07) is 0. The minimum absolute atomic E-state index is 0.642. The van der Waals surface area contributed by atoms with Gasteiger partial charge in [-0.3, -0.25) is 0 Å². The van der Waals surface area contributed by atoms with Crippen LogP contribution in [0.15, 0.2) is 0 Å². The first-order valence-corrected chi connectivity index (χ1v) is 5.79. The summed E-state index contributed by atoms with van der Waals surface area (Å²) in [4.78, 5) is 0. The lowest BCUT2D eigenvalue weighted by Crippen LogP contribution is -2.41. The number of rotatable bonds is 1. The molecule has 0 saturated carbocycles. The molecule has 0 N–H and O–H groups in total. The third-order valence-corrected chi connectivity index (χ3v) is 4.77. The summed E-state index contributed by atoms with van der Waals surface area (Å²) in [6.45, 7) is 6.67. The predicted octanol–water partition coefficient (Wildman–Crippen LogP) is 1.21. The second-order valence-electron chi connectivity index (χ2n) is 4.22. The van der Waals surface area contributed by atoms with Crippen molar-refractivity contribution >= 4 is 10.0 Å². The van der Waals surface area contributed by atoms with Gasteiger partial charge in [-0.25, -0.2) is 12.7 Å². The van der Waals surface area contributed by atoms with Gasteiger partial charge < -0.3 is 0 Å². The fourth-order valence-corrected chi connectivity index (χ4v) is 2.83. The van der Waals surface area contributed by atoms with Crippen LogP contribution in [0.25, 0.3) is 0 Å². The van der Waals surface area contributed by atoms with E-state index in [1.807, 2.05) is 0 Å². The van der Waals surface area contributed by atoms with Crippen molar-refractivity contribution in [2.24, 2.45) is 0 Å². The molecule has 0 unspecified atom stereocenters. The molecule has 1 aliphatic heterocycles. The van der Waals surface area contributed by atoms with Crippen molar-refractivity contribution in [3.8, 4) is 0 Å². The number of hydrogen-bond donors (Lipinski definition) is 0. The highest BCUT2D eigenvalue weighted by atomic mass is 32.2. The van der Waals surface area contributed by atoms with Crippen molar-refractivity contribution in [3.63, 3.8) is 0 Å². The van der Waals surface area contributed by atoms with Crippen LogP contribution in [0, 0.1) is 0 Å². The van der Waals surface area contributed by atoms with E-state index in [0.717, 1.165) is 12.8 Å². The van der Waals surface area contributed by atoms with E-state index in [4.69, 9.17) is 0 Å². The van der Waals surface area contributed by atoms with Gasteiger partial charge in [-0.2, -0.15) is 0 Å². The predicted molar refractivity (Wildman–Crippen MR) is 49.5 cm³/mol. The second-order valence-corrected chi connectivity index (χ2v) is 6.91. The molecule has 12 heavy (non-hydrogen) atoms. The quantitative estimate of drug-likeness (QED) is 0.624. The molecule has 3 nitrogen and oxygen atoms in total. The number of hydrogen-bond acceptors (Lipinski definition) is 2. The van der Waals surface area contributed by atoms with Crippen LogP contribution in [0.3, 0.4) is 0 Å². The van der Waals surface area contributed by atoms with E-state index >= 15 is 0 Å². The molecule has 0 aromatic rings. The Morgan fingerprint density at radius 3 is 1.83 bits per heavy atom. The first-order valence-electron chi connectivity index (χ1n) is 4.35. The summed E-state index contributed by atoms with van der Waals surface area (Å²) in [5.41, 5.74) is 0. The molecule has 0 amide bonds. The first kappa shape index (κ1) is 9.99. The minimum Gasteiger partial charge on any atom is -0.212 e. The van der Waals surface area contributed by atoms with Gasteiger partial charge >= 0.3 is 0 Å². The van der Waals surface area contributed by atoms with Gasteiger partial charge in [0.05, 0.1) is 4.75 Å². The molecule has 72 valence electrons. The molecular weight excluding hydrogens is 174 g/mol. The summed E-state index contributed by atoms with van der Waals surface area (Å²) in [7, 11) is -3.04. The van der Waals surface area contributed by atoms with Gasteiger partial charge in [-0.15, -0.1) is 0 Å². The standard InChI is InChI=1S/C8H17NO2S/c1-8(2,3)12(10,11)9-6-4-5-7-9/h4-7H2,1-3H3. The highest BCUT2D eigenvalue weighted by molar-refractivity contribution is 7.90. The van der Waals surface area contributed by atoms with Crippen LogP contribution in [0.2, 0.25) is 0 Å². The highest BCUT2D eigenvalue weighted by Gasteiger charge is 2.36. The van der Waals surface area contributed by atoms with Gasteiger partial charge in [0.1, 0.15) is 0 Å². The summed E-state index contributed by atoms with van der Waals surface area (Å²) < 4.78 is 24.5. The van der Waals surface area contributed by atoms with E-state index in [2.05, 4.69) is 0 Å². The van der Waals surface area contributed by atoms with Gasteiger partial charge in [0.25, 0.3) is 0 Å². The van der Waals surface area contributed by atoms with Crippen molar-refractivity contribution in [1.29, 1.82) is 0 Å². The summed E-state index contributed by atoms with van der Waals surface area (Å²) >= 11 is 0. The zero-order valence-electron chi connectivity index (χ0n) is 8.00. The van der Waals surface area contributed by atoms with Crippen LogP contribution in [0.1, 0.15) is 33.6 Å². The molecule has 1 rings (SSSR count). The lowest BCUT2D eigenvalue weighted by Gasteiger charge is -2.26. The van der Waals surface area contributed by atoms with Crippen molar-refractivity contribution < 1.29 is 8.42 Å². The van der Waals surface area contributed by atoms with Gasteiger partial charge in [-0.1, -0.05) is 0 Å². The SMILES string of the molecule is CC(C)(C)S(=O)(=O)N1CCCC1. The molecule has 1 aliphatic rings. The normalized spacial score (nSPS) is 21.6. The lowest BCUT2D eigenvalue weighted by atomic mass is 10.3. The zero-order valence-corrected chi connectivity index (χ0v) is 8.82. The topological polar surface area (TPSA) is 37.4 Å². The maximum absolute atomic E-state index is 11.8. The summed E-state index contributed by atoms with van der Waals surface area (Å²) in [6.07, 6.45) is 2.02. The molecule has 1 saturated heterocycles. The van der Waals surface area contributed by atoms with Gasteiger partial charge in [-0.05, 0) is 33.6 Å². The van der Waals surface area contributed by atoms with E-state index in [9.17, 15) is 8.42 Å². The summed E-state index contributed by atoms with van der Waals surface area (Å²) in [5.74, 6) is 0. The van der Waals surface area contributed by atoms with Gasteiger partial charge in [0.2, 0.25) is 10.0 Å². The van der Waals surface area contributed by atoms with Crippen molar-refractivity contribution in [1.82, 2.24) is 4.31 Å². The molecule has 0 radical (unpaired) electrons. The Morgan fingerprint density at radius 1 is 1.08 bits per heavy atom. The molecule has 0 atom stereocenters. The largest absolute Gasteiger partial charge is 0.219 e. The first-order chi connectivity index (χ1) is 5.36. The van der Waals surface area contributed by atoms with E-state index in [-0.39, 0.29) is 0 Å². The van der Waals surface area contributed by atoms with Crippen LogP contribution < -0.4 is 0 Å². The molecule has 4 heteroatoms. The number of sulfonamides is 1. The average molecular weight is 191 g/mol. The molecule has 0 aliphatic carbocycles. The molecule has 1 heterocycles. The minimum atomic E-state index is -3.04. The second kappa shape index (κ2) is 3.00. The Balaban J connectivity index is 2.85. The third kappa shape index (κ3) is 1.64. The highest BCUT2D eigenvalue weighted by Crippen LogP contribution is 2.23. The average Bonchev–Trinajstić information content (AvgIpc) is 2.34. The van der Waals surface area contributed by atoms with Crippen LogP contribution in [0.5, 0.6) is 0 Å². The molecular formula is C8H17NO2S. The van der Waals surface area contributed by atoms with Crippen molar-refractivity contribution in [2.75, 3.05) is 13.1 Å². The van der Waals surface area contributed by atoms with Crippen LogP contribution in [0.4, 0.5) is 0 Å². The molecule has 0 bridgehead atoms. The Bertz CT molecular complexity index is 245. The lowest BCUT2D eigenvalue weighted by molar-refractivity contribution is 0.450. The smallest absolute Gasteiger partial charge is 0.212 e. The van der Waals surface area contributed by atoms with E-state index in [1.54, 1.807) is 25.1 Å². The van der Waals surface area contributed by atoms with Crippen LogP contribution in [-0.2, 0) is 10.0 Å². The maximum atomic E-state index is 11.8. The van der Waals surface area contributed by atoms with Crippen molar-refractivity contribution in [3.05, 3.63) is 0 Å². The number of nitrogens with zero attached hydrogens (tertiary/aromatic N) is 1. The maximum Gasteiger partial charge on any atom is 0.219 e. The van der Waals surface area contributed by atoms with E-state index in [0.29, 0.717) is 13.1 Å². The fourth-order valence-electron chi connectivity index (χ4n) is 1.32. The Hall–Kier alpha value is -0.0900. The Morgan fingerprint density at radius 2 is 1.50 bits per heavy atom. The Labute approximate surface area is 74.8 Å². The van der Waals surface area contributed by atoms with E-state index in [1.165, 1.54) is 0 Å². The molecule has 1 fully saturated rings.